The van der Waals surface area contributed by atoms with Crippen LogP contribution in [0.15, 0.2) is 4.52 Å². The van der Waals surface area contributed by atoms with Crippen LogP contribution in [0.3, 0.4) is 0 Å². The molecule has 0 spiro atoms. The summed E-state index contributed by atoms with van der Waals surface area (Å²) in [6, 6.07) is -0.674. The topological polar surface area (TPSA) is 100 Å². The minimum atomic E-state index is -0.722. The zero-order valence-electron chi connectivity index (χ0n) is 13.0. The highest BCUT2D eigenvalue weighted by atomic mass is 16.5. The number of carbonyl (C=O) groups excluding carboxylic acids is 1. The molecule has 22 heavy (non-hydrogen) atoms. The molecule has 1 aromatic heterocycles. The van der Waals surface area contributed by atoms with Crippen molar-refractivity contribution >= 4 is 6.03 Å². The van der Waals surface area contributed by atoms with Crippen molar-refractivity contribution in [2.45, 2.75) is 69.4 Å². The van der Waals surface area contributed by atoms with Crippen LogP contribution in [0.25, 0.3) is 0 Å². The molecule has 1 heterocycles. The Kier molecular flexibility index (Phi) is 4.33. The largest absolute Gasteiger partial charge is 0.388 e. The molecule has 1 unspecified atom stereocenters. The Morgan fingerprint density at radius 1 is 1.41 bits per heavy atom. The number of aromatic nitrogens is 2. The van der Waals surface area contributed by atoms with Crippen LogP contribution in [0.5, 0.6) is 0 Å². The highest BCUT2D eigenvalue weighted by Gasteiger charge is 2.34. The molecule has 2 aliphatic rings. The zero-order valence-corrected chi connectivity index (χ0v) is 13.0. The predicted octanol–water partition coefficient (Wildman–Crippen LogP) is 2.00. The molecular weight excluding hydrogens is 284 g/mol. The molecule has 0 aliphatic heterocycles. The van der Waals surface area contributed by atoms with Crippen molar-refractivity contribution in [3.63, 3.8) is 0 Å². The summed E-state index contributed by atoms with van der Waals surface area (Å²) in [5.74, 6) is 1.58. The number of rotatable bonds is 5. The number of urea groups is 1. The third kappa shape index (κ3) is 3.40. The van der Waals surface area contributed by atoms with Gasteiger partial charge in [0.05, 0.1) is 5.60 Å². The molecule has 7 heteroatoms. The maximum atomic E-state index is 11.9. The van der Waals surface area contributed by atoms with Gasteiger partial charge in [0.2, 0.25) is 5.89 Å². The maximum absolute atomic E-state index is 11.9. The molecule has 2 aliphatic carbocycles. The van der Waals surface area contributed by atoms with Gasteiger partial charge >= 0.3 is 6.03 Å². The van der Waals surface area contributed by atoms with Gasteiger partial charge in [0.25, 0.3) is 0 Å². The lowest BCUT2D eigenvalue weighted by Gasteiger charge is -2.36. The first kappa shape index (κ1) is 15.3. The zero-order chi connectivity index (χ0) is 15.6. The Morgan fingerprint density at radius 2 is 2.14 bits per heavy atom. The average molecular weight is 308 g/mol. The first-order chi connectivity index (χ1) is 10.6. The number of nitrogens with zero attached hydrogens (tertiary/aromatic N) is 2. The van der Waals surface area contributed by atoms with Crippen LogP contribution < -0.4 is 10.6 Å². The first-order valence-electron chi connectivity index (χ1n) is 8.16. The van der Waals surface area contributed by atoms with Crippen LogP contribution in [0.1, 0.15) is 75.5 Å². The summed E-state index contributed by atoms with van der Waals surface area (Å²) >= 11 is 0. The minimum absolute atomic E-state index is 0.280. The molecule has 2 amide bonds. The van der Waals surface area contributed by atoms with Crippen molar-refractivity contribution in [3.8, 4) is 0 Å². The quantitative estimate of drug-likeness (QED) is 0.772. The van der Waals surface area contributed by atoms with Crippen LogP contribution in [0.4, 0.5) is 4.79 Å². The molecular formula is C15H24N4O3. The van der Waals surface area contributed by atoms with Gasteiger partial charge < -0.3 is 20.3 Å². The van der Waals surface area contributed by atoms with E-state index in [0.717, 1.165) is 37.9 Å². The maximum Gasteiger partial charge on any atom is 0.315 e. The van der Waals surface area contributed by atoms with E-state index < -0.39 is 5.60 Å². The van der Waals surface area contributed by atoms with Gasteiger partial charge in [-0.05, 0) is 39.0 Å². The molecule has 0 bridgehead atoms. The van der Waals surface area contributed by atoms with Gasteiger partial charge in [-0.2, -0.15) is 4.98 Å². The minimum Gasteiger partial charge on any atom is -0.388 e. The molecule has 0 aromatic carbocycles. The van der Waals surface area contributed by atoms with Gasteiger partial charge in [0.15, 0.2) is 5.82 Å². The second-order valence-electron chi connectivity index (χ2n) is 6.60. The fraction of sp³-hybridized carbons (Fsp3) is 0.800. The van der Waals surface area contributed by atoms with Crippen LogP contribution in [0.2, 0.25) is 0 Å². The van der Waals surface area contributed by atoms with E-state index in [0.29, 0.717) is 11.8 Å². The van der Waals surface area contributed by atoms with Crippen molar-refractivity contribution in [2.75, 3.05) is 6.54 Å². The third-order valence-corrected chi connectivity index (χ3v) is 4.76. The fourth-order valence-corrected chi connectivity index (χ4v) is 3.09. The summed E-state index contributed by atoms with van der Waals surface area (Å²) in [4.78, 5) is 16.3. The Hall–Kier alpha value is -1.63. The van der Waals surface area contributed by atoms with Crippen LogP contribution in [0, 0.1) is 0 Å². The Bertz CT molecular complexity index is 521. The summed E-state index contributed by atoms with van der Waals surface area (Å²) in [7, 11) is 0. The summed E-state index contributed by atoms with van der Waals surface area (Å²) in [5.41, 5.74) is -0.722. The summed E-state index contributed by atoms with van der Waals surface area (Å²) in [6.07, 6.45) is 7.16. The molecule has 1 atom stereocenters. The first-order valence-corrected chi connectivity index (χ1v) is 8.16. The molecule has 2 fully saturated rings. The SMILES string of the molecule is CC(NC(=O)NCC1(O)CCC1)c1nc(C2CCCC2)no1. The van der Waals surface area contributed by atoms with Crippen molar-refractivity contribution < 1.29 is 14.4 Å². The molecule has 0 saturated heterocycles. The highest BCUT2D eigenvalue weighted by Crippen LogP contribution is 2.32. The van der Waals surface area contributed by atoms with Gasteiger partial charge in [-0.15, -0.1) is 0 Å². The van der Waals surface area contributed by atoms with Crippen LogP contribution in [-0.2, 0) is 0 Å². The summed E-state index contributed by atoms with van der Waals surface area (Å²) < 4.78 is 5.26. The van der Waals surface area contributed by atoms with E-state index in [9.17, 15) is 9.90 Å². The molecule has 7 nitrogen and oxygen atoms in total. The molecule has 1 aromatic rings. The Morgan fingerprint density at radius 3 is 2.77 bits per heavy atom. The van der Waals surface area contributed by atoms with E-state index in [1.54, 1.807) is 0 Å². The monoisotopic (exact) mass is 308 g/mol. The van der Waals surface area contributed by atoms with Crippen molar-refractivity contribution in [2.24, 2.45) is 0 Å². The standard InChI is InChI=1S/C15H24N4O3/c1-10(17-14(20)16-9-15(21)7-4-8-15)13-18-12(19-22-13)11-5-2-3-6-11/h10-11,21H,2-9H2,1H3,(H2,16,17,20). The fourth-order valence-electron chi connectivity index (χ4n) is 3.09. The van der Waals surface area contributed by atoms with E-state index in [4.69, 9.17) is 4.52 Å². The van der Waals surface area contributed by atoms with Gasteiger partial charge in [0.1, 0.15) is 6.04 Å². The van der Waals surface area contributed by atoms with Crippen LogP contribution >= 0.6 is 0 Å². The average Bonchev–Trinajstić information content (AvgIpc) is 3.12. The van der Waals surface area contributed by atoms with E-state index in [1.807, 2.05) is 6.92 Å². The number of carbonyl (C=O) groups is 1. The molecule has 122 valence electrons. The van der Waals surface area contributed by atoms with Crippen molar-refractivity contribution in [1.82, 2.24) is 20.8 Å². The van der Waals surface area contributed by atoms with Crippen molar-refractivity contribution in [1.29, 1.82) is 0 Å². The Labute approximate surface area is 129 Å². The number of nitrogens with one attached hydrogen (secondary N) is 2. The number of hydrogen-bond acceptors (Lipinski definition) is 5. The summed E-state index contributed by atoms with van der Waals surface area (Å²) in [6.45, 7) is 2.09. The van der Waals surface area contributed by atoms with E-state index in [2.05, 4.69) is 20.8 Å². The lowest BCUT2D eigenvalue weighted by atomic mass is 9.80. The molecule has 3 rings (SSSR count). The molecule has 2 saturated carbocycles. The smallest absolute Gasteiger partial charge is 0.315 e. The molecule has 0 radical (unpaired) electrons. The predicted molar refractivity (Wildman–Crippen MR) is 79.3 cm³/mol. The van der Waals surface area contributed by atoms with Gasteiger partial charge in [-0.3, -0.25) is 0 Å². The summed E-state index contributed by atoms with van der Waals surface area (Å²) in [5, 5.41) is 19.4. The normalized spacial score (nSPS) is 22.1. The van der Waals surface area contributed by atoms with E-state index in [-0.39, 0.29) is 18.6 Å². The number of aliphatic hydroxyl groups is 1. The lowest BCUT2D eigenvalue weighted by molar-refractivity contribution is -0.0290. The second-order valence-corrected chi connectivity index (χ2v) is 6.60. The lowest BCUT2D eigenvalue weighted by Crippen LogP contribution is -2.50. The number of amides is 2. The van der Waals surface area contributed by atoms with E-state index >= 15 is 0 Å². The van der Waals surface area contributed by atoms with Gasteiger partial charge in [-0.1, -0.05) is 18.0 Å². The van der Waals surface area contributed by atoms with Gasteiger partial charge in [-0.25, -0.2) is 4.79 Å². The third-order valence-electron chi connectivity index (χ3n) is 4.76. The second kappa shape index (κ2) is 6.24. The Balaban J connectivity index is 1.48. The number of hydrogen-bond donors (Lipinski definition) is 3. The highest BCUT2D eigenvalue weighted by molar-refractivity contribution is 5.74. The van der Waals surface area contributed by atoms with Crippen LogP contribution in [-0.4, -0.2) is 33.4 Å². The molecule has 3 N–H and O–H groups in total. The van der Waals surface area contributed by atoms with Crippen molar-refractivity contribution in [3.05, 3.63) is 11.7 Å². The van der Waals surface area contributed by atoms with E-state index in [1.165, 1.54) is 12.8 Å². The van der Waals surface area contributed by atoms with Gasteiger partial charge in [0, 0.05) is 12.5 Å².